The smallest absolute Gasteiger partial charge is 0.236 e. The van der Waals surface area contributed by atoms with E-state index in [1.54, 1.807) is 7.11 Å². The van der Waals surface area contributed by atoms with Gasteiger partial charge in [0.25, 0.3) is 0 Å². The summed E-state index contributed by atoms with van der Waals surface area (Å²) >= 11 is 0. The minimum Gasteiger partial charge on any atom is -0.497 e. The van der Waals surface area contributed by atoms with Crippen LogP contribution in [-0.4, -0.2) is 60.6 Å². The lowest BCUT2D eigenvalue weighted by Crippen LogP contribution is -2.48. The van der Waals surface area contributed by atoms with Crippen LogP contribution in [0.4, 0.5) is 0 Å². The zero-order chi connectivity index (χ0) is 17.0. The average molecular weight is 332 g/mol. The highest BCUT2D eigenvalue weighted by Crippen LogP contribution is 2.34. The van der Waals surface area contributed by atoms with Crippen molar-refractivity contribution in [3.63, 3.8) is 0 Å². The molecule has 0 radical (unpaired) electrons. The molecule has 5 heteroatoms. The lowest BCUT2D eigenvalue weighted by molar-refractivity contribution is -0.134. The number of nitrogens with zero attached hydrogens (tertiary/aromatic N) is 2. The summed E-state index contributed by atoms with van der Waals surface area (Å²) in [5.74, 6) is 1.00. The zero-order valence-electron chi connectivity index (χ0n) is 14.5. The van der Waals surface area contributed by atoms with Gasteiger partial charge in [0.05, 0.1) is 19.3 Å². The van der Waals surface area contributed by atoms with Crippen LogP contribution in [0.2, 0.25) is 0 Å². The van der Waals surface area contributed by atoms with Crippen molar-refractivity contribution in [1.82, 2.24) is 9.80 Å². The van der Waals surface area contributed by atoms with Crippen LogP contribution < -0.4 is 4.74 Å². The third-order valence-electron chi connectivity index (χ3n) is 5.36. The summed E-state index contributed by atoms with van der Waals surface area (Å²) in [6, 6.07) is 7.67. The van der Waals surface area contributed by atoms with Crippen molar-refractivity contribution in [3.8, 4) is 5.75 Å². The molecule has 1 N–H and O–H groups in total. The van der Waals surface area contributed by atoms with Crippen molar-refractivity contribution in [3.05, 3.63) is 29.8 Å². The van der Waals surface area contributed by atoms with Gasteiger partial charge in [-0.15, -0.1) is 0 Å². The molecule has 2 aliphatic heterocycles. The molecule has 0 saturated carbocycles. The van der Waals surface area contributed by atoms with Gasteiger partial charge in [-0.3, -0.25) is 9.69 Å². The molecule has 1 aromatic rings. The average Bonchev–Trinajstić information content (AvgIpc) is 2.64. The van der Waals surface area contributed by atoms with E-state index in [0.717, 1.165) is 50.3 Å². The summed E-state index contributed by atoms with van der Waals surface area (Å²) in [5, 5.41) is 11.0. The van der Waals surface area contributed by atoms with E-state index in [0.29, 0.717) is 19.4 Å². The molecule has 24 heavy (non-hydrogen) atoms. The molecule has 2 aliphatic rings. The van der Waals surface area contributed by atoms with Crippen LogP contribution in [0.25, 0.3) is 0 Å². The molecule has 0 bridgehead atoms. The molecule has 132 valence electrons. The number of hydrogen-bond donors (Lipinski definition) is 1. The molecule has 3 rings (SSSR count). The first kappa shape index (κ1) is 17.2. The van der Waals surface area contributed by atoms with E-state index >= 15 is 0 Å². The van der Waals surface area contributed by atoms with Crippen LogP contribution in [0.1, 0.15) is 37.7 Å². The van der Waals surface area contributed by atoms with Crippen LogP contribution >= 0.6 is 0 Å². The molecule has 0 atom stereocenters. The Labute approximate surface area is 144 Å². The minimum absolute atomic E-state index is 0.238. The third kappa shape index (κ3) is 3.90. The molecule has 2 fully saturated rings. The van der Waals surface area contributed by atoms with Crippen LogP contribution in [0.5, 0.6) is 5.75 Å². The molecule has 0 aliphatic carbocycles. The summed E-state index contributed by atoms with van der Waals surface area (Å²) in [4.78, 5) is 16.6. The van der Waals surface area contributed by atoms with Gasteiger partial charge in [0.1, 0.15) is 5.75 Å². The lowest BCUT2D eigenvalue weighted by atomic mass is 9.84. The number of carbonyl (C=O) groups excluding carboxylic acids is 1. The summed E-state index contributed by atoms with van der Waals surface area (Å²) in [6.45, 7) is 3.77. The first-order chi connectivity index (χ1) is 11.6. The zero-order valence-corrected chi connectivity index (χ0v) is 14.5. The van der Waals surface area contributed by atoms with Gasteiger partial charge < -0.3 is 14.7 Å². The Hall–Kier alpha value is -1.59. The third-order valence-corrected chi connectivity index (χ3v) is 5.36. The lowest BCUT2D eigenvalue weighted by Gasteiger charge is -2.39. The Balaban J connectivity index is 1.55. The Morgan fingerprint density at radius 3 is 2.54 bits per heavy atom. The molecule has 1 aromatic carbocycles. The highest BCUT2D eigenvalue weighted by atomic mass is 16.5. The number of aliphatic hydroxyl groups is 1. The van der Waals surface area contributed by atoms with Gasteiger partial charge in [-0.05, 0) is 49.8 Å². The second-order valence-corrected chi connectivity index (χ2v) is 6.98. The monoisotopic (exact) mass is 332 g/mol. The maximum absolute atomic E-state index is 12.4. The Bertz CT molecular complexity index is 561. The normalized spacial score (nSPS) is 21.5. The molecule has 0 aromatic heterocycles. The fraction of sp³-hybridized carbons (Fsp3) is 0.632. The highest BCUT2D eigenvalue weighted by Gasteiger charge is 2.35. The van der Waals surface area contributed by atoms with Gasteiger partial charge in [-0.1, -0.05) is 12.1 Å². The number of likely N-dealkylation sites (tertiary alicyclic amines) is 2. The van der Waals surface area contributed by atoms with E-state index in [2.05, 4.69) is 4.90 Å². The van der Waals surface area contributed by atoms with E-state index in [-0.39, 0.29) is 5.91 Å². The van der Waals surface area contributed by atoms with E-state index in [1.807, 2.05) is 29.2 Å². The second-order valence-electron chi connectivity index (χ2n) is 6.98. The molecule has 2 heterocycles. The number of rotatable bonds is 4. The van der Waals surface area contributed by atoms with Gasteiger partial charge in [0.2, 0.25) is 5.91 Å². The molecule has 0 spiro atoms. The van der Waals surface area contributed by atoms with Crippen molar-refractivity contribution in [2.45, 2.75) is 37.7 Å². The Kier molecular flexibility index (Phi) is 5.41. The standard InChI is InChI=1S/C19H28N2O3/c1-24-17-7-5-6-16(14-17)19(23)8-12-20(13-9-19)15-18(22)21-10-3-2-4-11-21/h5-7,14,23H,2-4,8-13,15H2,1H3. The van der Waals surface area contributed by atoms with E-state index in [4.69, 9.17) is 4.74 Å². The van der Waals surface area contributed by atoms with Gasteiger partial charge in [0, 0.05) is 26.2 Å². The second kappa shape index (κ2) is 7.53. The summed E-state index contributed by atoms with van der Waals surface area (Å²) in [6.07, 6.45) is 4.78. The van der Waals surface area contributed by atoms with Crippen LogP contribution in [0.15, 0.2) is 24.3 Å². The number of ether oxygens (including phenoxy) is 1. The van der Waals surface area contributed by atoms with Crippen molar-refractivity contribution < 1.29 is 14.6 Å². The topological polar surface area (TPSA) is 53.0 Å². The fourth-order valence-corrected chi connectivity index (χ4v) is 3.72. The van der Waals surface area contributed by atoms with Gasteiger partial charge >= 0.3 is 0 Å². The number of hydrogen-bond acceptors (Lipinski definition) is 4. The number of amides is 1. The number of methoxy groups -OCH3 is 1. The van der Waals surface area contributed by atoms with Gasteiger partial charge in [0.15, 0.2) is 0 Å². The predicted octanol–water partition coefficient (Wildman–Crippen LogP) is 1.99. The van der Waals surface area contributed by atoms with Crippen LogP contribution in [0.3, 0.4) is 0 Å². The van der Waals surface area contributed by atoms with E-state index in [9.17, 15) is 9.90 Å². The maximum Gasteiger partial charge on any atom is 0.236 e. The highest BCUT2D eigenvalue weighted by molar-refractivity contribution is 5.78. The van der Waals surface area contributed by atoms with E-state index < -0.39 is 5.60 Å². The SMILES string of the molecule is COc1cccc(C2(O)CCN(CC(=O)N3CCCCC3)CC2)c1. The Morgan fingerprint density at radius 1 is 1.17 bits per heavy atom. The van der Waals surface area contributed by atoms with Crippen LogP contribution in [-0.2, 0) is 10.4 Å². The van der Waals surface area contributed by atoms with Gasteiger partial charge in [-0.25, -0.2) is 0 Å². The summed E-state index contributed by atoms with van der Waals surface area (Å²) < 4.78 is 5.26. The number of carbonyl (C=O) groups is 1. The van der Waals surface area contributed by atoms with Crippen molar-refractivity contribution in [2.24, 2.45) is 0 Å². The molecular weight excluding hydrogens is 304 g/mol. The molecular formula is C19H28N2O3. The molecule has 0 unspecified atom stereocenters. The molecule has 5 nitrogen and oxygen atoms in total. The largest absolute Gasteiger partial charge is 0.497 e. The Morgan fingerprint density at radius 2 is 1.88 bits per heavy atom. The van der Waals surface area contributed by atoms with Crippen molar-refractivity contribution >= 4 is 5.91 Å². The summed E-state index contributed by atoms with van der Waals surface area (Å²) in [7, 11) is 1.64. The predicted molar refractivity (Wildman–Crippen MR) is 93.0 cm³/mol. The number of piperidine rings is 2. The number of benzene rings is 1. The summed E-state index contributed by atoms with van der Waals surface area (Å²) in [5.41, 5.74) is 0.0861. The van der Waals surface area contributed by atoms with Crippen LogP contribution in [0, 0.1) is 0 Å². The minimum atomic E-state index is -0.820. The quantitative estimate of drug-likeness (QED) is 0.916. The first-order valence-electron chi connectivity index (χ1n) is 8.98. The first-order valence-corrected chi connectivity index (χ1v) is 8.98. The van der Waals surface area contributed by atoms with E-state index in [1.165, 1.54) is 6.42 Å². The fourth-order valence-electron chi connectivity index (χ4n) is 3.72. The maximum atomic E-state index is 12.4. The van der Waals surface area contributed by atoms with Crippen molar-refractivity contribution in [1.29, 1.82) is 0 Å². The molecule has 1 amide bonds. The van der Waals surface area contributed by atoms with Gasteiger partial charge in [-0.2, -0.15) is 0 Å². The molecule has 2 saturated heterocycles. The van der Waals surface area contributed by atoms with Crippen molar-refractivity contribution in [2.75, 3.05) is 39.8 Å².